The number of hydrogen-bond acceptors (Lipinski definition) is 5. The van der Waals surface area contributed by atoms with Crippen LogP contribution in [0.5, 0.6) is 0 Å². The molecule has 104 valence electrons. The molecule has 0 aliphatic rings. The van der Waals surface area contributed by atoms with Crippen LogP contribution in [0.25, 0.3) is 11.1 Å². The molecule has 1 N–H and O–H groups in total. The fraction of sp³-hybridized carbons (Fsp3) is 0. The van der Waals surface area contributed by atoms with Gasteiger partial charge in [-0.1, -0.05) is 98.7 Å². The van der Waals surface area contributed by atoms with Gasteiger partial charge in [0.05, 0.1) is 4.88 Å². The molecule has 0 unspecified atom stereocenters. The van der Waals surface area contributed by atoms with E-state index in [1.54, 1.807) is 10.3 Å². The standard InChI is InChI=1S/C16H11NOS3/c18-17-14(12-9-5-2-6-10-12)15-13(16(19)21-20-15)11-7-3-1-4-8-11/h1-10,18H/b17-14+. The van der Waals surface area contributed by atoms with Gasteiger partial charge in [-0.3, -0.25) is 0 Å². The second-order valence-electron chi connectivity index (χ2n) is 4.34. The van der Waals surface area contributed by atoms with Gasteiger partial charge in [-0.15, -0.1) is 0 Å². The van der Waals surface area contributed by atoms with Crippen LogP contribution in [0, 0.1) is 3.82 Å². The van der Waals surface area contributed by atoms with Crippen LogP contribution in [-0.2, 0) is 0 Å². The Kier molecular flexibility index (Phi) is 4.24. The minimum Gasteiger partial charge on any atom is -0.410 e. The van der Waals surface area contributed by atoms with Crippen LogP contribution in [0.2, 0.25) is 0 Å². The monoisotopic (exact) mass is 329 g/mol. The molecule has 3 aromatic rings. The van der Waals surface area contributed by atoms with Crippen molar-refractivity contribution in [2.45, 2.75) is 0 Å². The number of benzene rings is 2. The maximum atomic E-state index is 9.48. The first-order chi connectivity index (χ1) is 10.3. The lowest BCUT2D eigenvalue weighted by molar-refractivity contribution is 0.320. The Labute approximate surface area is 135 Å². The molecule has 0 bridgehead atoms. The van der Waals surface area contributed by atoms with Crippen molar-refractivity contribution in [3.63, 3.8) is 0 Å². The first kappa shape index (κ1) is 14.1. The Balaban J connectivity index is 2.19. The van der Waals surface area contributed by atoms with Crippen molar-refractivity contribution in [3.8, 4) is 11.1 Å². The van der Waals surface area contributed by atoms with E-state index < -0.39 is 0 Å². The largest absolute Gasteiger partial charge is 0.410 e. The Morgan fingerprint density at radius 1 is 0.905 bits per heavy atom. The lowest BCUT2D eigenvalue weighted by atomic mass is 10.0. The predicted molar refractivity (Wildman–Crippen MR) is 92.3 cm³/mol. The Bertz CT molecular complexity index is 819. The van der Waals surface area contributed by atoms with E-state index in [1.165, 1.54) is 10.3 Å². The van der Waals surface area contributed by atoms with Crippen LogP contribution in [0.1, 0.15) is 10.4 Å². The fourth-order valence-electron chi connectivity index (χ4n) is 2.10. The molecule has 0 saturated carbocycles. The lowest BCUT2D eigenvalue weighted by Gasteiger charge is -2.06. The number of oxime groups is 1. The van der Waals surface area contributed by atoms with Crippen molar-refractivity contribution in [1.29, 1.82) is 0 Å². The highest BCUT2D eigenvalue weighted by Crippen LogP contribution is 2.35. The normalized spacial score (nSPS) is 11.5. The van der Waals surface area contributed by atoms with E-state index in [1.807, 2.05) is 60.7 Å². The van der Waals surface area contributed by atoms with Gasteiger partial charge in [-0.05, 0) is 5.56 Å². The van der Waals surface area contributed by atoms with E-state index in [0.29, 0.717) is 5.71 Å². The molecule has 3 rings (SSSR count). The summed E-state index contributed by atoms with van der Waals surface area (Å²) in [5.74, 6) is 0. The van der Waals surface area contributed by atoms with Crippen LogP contribution in [0.3, 0.4) is 0 Å². The zero-order chi connectivity index (χ0) is 14.7. The van der Waals surface area contributed by atoms with Crippen molar-refractivity contribution >= 4 is 38.6 Å². The summed E-state index contributed by atoms with van der Waals surface area (Å²) >= 11 is 5.46. The molecule has 0 spiro atoms. The third-order valence-electron chi connectivity index (χ3n) is 3.06. The SMILES string of the molecule is O/N=C(\c1ccccc1)c1ssc(=S)c1-c1ccccc1. The maximum Gasteiger partial charge on any atom is 0.128 e. The van der Waals surface area contributed by atoms with Crippen molar-refractivity contribution in [3.05, 3.63) is 74.9 Å². The van der Waals surface area contributed by atoms with E-state index >= 15 is 0 Å². The summed E-state index contributed by atoms with van der Waals surface area (Å²) in [6.45, 7) is 0. The first-order valence-electron chi connectivity index (χ1n) is 6.27. The molecular weight excluding hydrogens is 318 g/mol. The van der Waals surface area contributed by atoms with Gasteiger partial charge < -0.3 is 5.21 Å². The van der Waals surface area contributed by atoms with Crippen molar-refractivity contribution < 1.29 is 5.21 Å². The van der Waals surface area contributed by atoms with Gasteiger partial charge in [0.1, 0.15) is 9.54 Å². The van der Waals surface area contributed by atoms with E-state index in [0.717, 1.165) is 25.4 Å². The molecule has 21 heavy (non-hydrogen) atoms. The number of hydrogen-bond donors (Lipinski definition) is 1. The number of rotatable bonds is 3. The van der Waals surface area contributed by atoms with Gasteiger partial charge in [0.25, 0.3) is 0 Å². The minimum atomic E-state index is 0.562. The highest BCUT2D eigenvalue weighted by atomic mass is 32.9. The summed E-state index contributed by atoms with van der Waals surface area (Å²) in [5, 5.41) is 13.0. The van der Waals surface area contributed by atoms with E-state index in [2.05, 4.69) is 5.16 Å². The Morgan fingerprint density at radius 2 is 1.52 bits per heavy atom. The molecule has 0 saturated heterocycles. The molecule has 0 radical (unpaired) electrons. The van der Waals surface area contributed by atoms with Crippen molar-refractivity contribution in [1.82, 2.24) is 0 Å². The molecule has 1 aromatic heterocycles. The average molecular weight is 329 g/mol. The summed E-state index contributed by atoms with van der Waals surface area (Å²) in [4.78, 5) is 0.907. The van der Waals surface area contributed by atoms with Gasteiger partial charge >= 0.3 is 0 Å². The summed E-state index contributed by atoms with van der Waals surface area (Å²) in [6.07, 6.45) is 0. The third kappa shape index (κ3) is 2.81. The average Bonchev–Trinajstić information content (AvgIpc) is 2.92. The second kappa shape index (κ2) is 6.30. The van der Waals surface area contributed by atoms with Crippen molar-refractivity contribution in [2.75, 3.05) is 0 Å². The molecular formula is C16H11NOS3. The van der Waals surface area contributed by atoms with Crippen LogP contribution in [0.15, 0.2) is 65.8 Å². The highest BCUT2D eigenvalue weighted by molar-refractivity contribution is 7.80. The van der Waals surface area contributed by atoms with Gasteiger partial charge in [0.2, 0.25) is 0 Å². The molecule has 2 nitrogen and oxygen atoms in total. The number of nitrogens with zero attached hydrogens (tertiary/aromatic N) is 1. The lowest BCUT2D eigenvalue weighted by Crippen LogP contribution is -2.02. The fourth-order valence-corrected chi connectivity index (χ4v) is 4.97. The summed E-state index contributed by atoms with van der Waals surface area (Å²) in [6, 6.07) is 19.6. The van der Waals surface area contributed by atoms with Crippen LogP contribution in [0.4, 0.5) is 0 Å². The van der Waals surface area contributed by atoms with E-state index in [9.17, 15) is 5.21 Å². The third-order valence-corrected chi connectivity index (χ3v) is 6.08. The van der Waals surface area contributed by atoms with Gasteiger partial charge in [0, 0.05) is 11.1 Å². The predicted octanol–water partition coefficient (Wildman–Crippen LogP) is 5.43. The molecule has 0 aliphatic heterocycles. The molecule has 0 amide bonds. The quantitative estimate of drug-likeness (QED) is 0.228. The van der Waals surface area contributed by atoms with Crippen LogP contribution >= 0.6 is 32.9 Å². The zero-order valence-corrected chi connectivity index (χ0v) is 13.3. The zero-order valence-electron chi connectivity index (χ0n) is 10.9. The summed E-state index contributed by atoms with van der Waals surface area (Å²) < 4.78 is 0.818. The maximum absolute atomic E-state index is 9.48. The van der Waals surface area contributed by atoms with Crippen LogP contribution in [-0.4, -0.2) is 10.9 Å². The van der Waals surface area contributed by atoms with Crippen LogP contribution < -0.4 is 0 Å². The van der Waals surface area contributed by atoms with Crippen molar-refractivity contribution in [2.24, 2.45) is 5.16 Å². The Hall–Kier alpha value is -1.82. The smallest absolute Gasteiger partial charge is 0.128 e. The molecule has 1 heterocycles. The molecule has 0 atom stereocenters. The van der Waals surface area contributed by atoms with Gasteiger partial charge in [0.15, 0.2) is 0 Å². The minimum absolute atomic E-state index is 0.562. The van der Waals surface area contributed by atoms with Gasteiger partial charge in [-0.25, -0.2) is 0 Å². The topological polar surface area (TPSA) is 32.6 Å². The van der Waals surface area contributed by atoms with E-state index in [4.69, 9.17) is 12.2 Å². The summed E-state index contributed by atoms with van der Waals surface area (Å²) in [7, 11) is 3.07. The summed E-state index contributed by atoms with van der Waals surface area (Å²) in [5.41, 5.74) is 3.46. The molecule has 0 fully saturated rings. The first-order valence-corrected chi connectivity index (χ1v) is 8.83. The molecule has 2 aromatic carbocycles. The highest BCUT2D eigenvalue weighted by Gasteiger charge is 2.17. The second-order valence-corrected chi connectivity index (χ2v) is 7.16. The van der Waals surface area contributed by atoms with Gasteiger partial charge in [-0.2, -0.15) is 0 Å². The van der Waals surface area contributed by atoms with E-state index in [-0.39, 0.29) is 0 Å². The Morgan fingerprint density at radius 3 is 2.14 bits per heavy atom. The molecule has 0 aliphatic carbocycles. The molecule has 5 heteroatoms.